The molecule has 2 heterocycles. The minimum Gasteiger partial charge on any atom is -0.444 e. The molecular formula is C16H28N4O3. The van der Waals surface area contributed by atoms with Gasteiger partial charge < -0.3 is 14.7 Å². The highest BCUT2D eigenvalue weighted by Gasteiger charge is 2.30. The van der Waals surface area contributed by atoms with E-state index in [-0.39, 0.29) is 18.6 Å². The number of nitrogens with zero attached hydrogens (tertiary/aromatic N) is 4. The molecule has 0 radical (unpaired) electrons. The molecule has 0 spiro atoms. The SMILES string of the molecule is CCCn1nnc(CO)c1C1CCN(C(=O)OC(C)(C)C)CC1. The molecule has 0 bridgehead atoms. The summed E-state index contributed by atoms with van der Waals surface area (Å²) in [6.45, 7) is 9.74. The number of likely N-dealkylation sites (tertiary alicyclic amines) is 1. The van der Waals surface area contributed by atoms with Crippen LogP contribution >= 0.6 is 0 Å². The molecule has 1 aliphatic heterocycles. The van der Waals surface area contributed by atoms with Crippen LogP contribution in [0.3, 0.4) is 0 Å². The van der Waals surface area contributed by atoms with Gasteiger partial charge in [-0.05, 0) is 40.0 Å². The molecule has 1 amide bonds. The fraction of sp³-hybridized carbons (Fsp3) is 0.812. The van der Waals surface area contributed by atoms with Crippen molar-refractivity contribution >= 4 is 6.09 Å². The van der Waals surface area contributed by atoms with Crippen molar-refractivity contribution in [3.05, 3.63) is 11.4 Å². The zero-order valence-electron chi connectivity index (χ0n) is 14.6. The number of aromatic nitrogens is 3. The topological polar surface area (TPSA) is 80.5 Å². The molecule has 1 aromatic heterocycles. The van der Waals surface area contributed by atoms with Gasteiger partial charge in [-0.15, -0.1) is 5.10 Å². The van der Waals surface area contributed by atoms with Crippen LogP contribution in [-0.4, -0.2) is 49.8 Å². The third-order valence-electron chi connectivity index (χ3n) is 3.97. The molecule has 1 saturated heterocycles. The van der Waals surface area contributed by atoms with Crippen molar-refractivity contribution in [2.75, 3.05) is 13.1 Å². The lowest BCUT2D eigenvalue weighted by atomic mass is 9.92. The minimum absolute atomic E-state index is 0.0919. The molecule has 1 N–H and O–H groups in total. The Morgan fingerprint density at radius 1 is 1.35 bits per heavy atom. The average molecular weight is 324 g/mol. The number of hydrogen-bond donors (Lipinski definition) is 1. The zero-order valence-corrected chi connectivity index (χ0v) is 14.6. The third-order valence-corrected chi connectivity index (χ3v) is 3.97. The summed E-state index contributed by atoms with van der Waals surface area (Å²) >= 11 is 0. The Bertz CT molecular complexity index is 528. The Kier molecular flexibility index (Phi) is 5.62. The first-order valence-electron chi connectivity index (χ1n) is 8.36. The minimum atomic E-state index is -0.471. The van der Waals surface area contributed by atoms with Crippen molar-refractivity contribution in [1.29, 1.82) is 0 Å². The van der Waals surface area contributed by atoms with Crippen molar-refractivity contribution in [2.24, 2.45) is 0 Å². The molecule has 7 nitrogen and oxygen atoms in total. The molecule has 0 saturated carbocycles. The first-order valence-corrected chi connectivity index (χ1v) is 8.36. The Labute approximate surface area is 137 Å². The molecule has 1 fully saturated rings. The summed E-state index contributed by atoms with van der Waals surface area (Å²) in [6.07, 6.45) is 2.39. The van der Waals surface area contributed by atoms with Gasteiger partial charge in [-0.3, -0.25) is 0 Å². The summed E-state index contributed by atoms with van der Waals surface area (Å²) in [4.78, 5) is 13.9. The number of ether oxygens (including phenoxy) is 1. The van der Waals surface area contributed by atoms with Crippen LogP contribution in [-0.2, 0) is 17.9 Å². The maximum atomic E-state index is 12.1. The highest BCUT2D eigenvalue weighted by molar-refractivity contribution is 5.68. The highest BCUT2D eigenvalue weighted by Crippen LogP contribution is 2.30. The molecule has 0 aromatic carbocycles. The van der Waals surface area contributed by atoms with E-state index >= 15 is 0 Å². The number of rotatable bonds is 4. The standard InChI is InChI=1S/C16H28N4O3/c1-5-8-20-14(13(11-21)17-18-20)12-6-9-19(10-7-12)15(22)23-16(2,3)4/h12,21H,5-11H2,1-4H3. The lowest BCUT2D eigenvalue weighted by Crippen LogP contribution is -2.41. The number of aliphatic hydroxyl groups excluding tert-OH is 1. The van der Waals surface area contributed by atoms with Crippen molar-refractivity contribution in [3.8, 4) is 0 Å². The summed E-state index contributed by atoms with van der Waals surface area (Å²) < 4.78 is 7.33. The van der Waals surface area contributed by atoms with Gasteiger partial charge in [0.1, 0.15) is 11.3 Å². The van der Waals surface area contributed by atoms with Crippen LogP contribution in [0.25, 0.3) is 0 Å². The van der Waals surface area contributed by atoms with Gasteiger partial charge in [0.2, 0.25) is 0 Å². The molecule has 130 valence electrons. The molecule has 0 atom stereocenters. The average Bonchev–Trinajstić information content (AvgIpc) is 2.89. The van der Waals surface area contributed by atoms with Crippen LogP contribution in [0.5, 0.6) is 0 Å². The van der Waals surface area contributed by atoms with Crippen molar-refractivity contribution < 1.29 is 14.6 Å². The molecule has 0 aliphatic carbocycles. The molecule has 2 rings (SSSR count). The first-order chi connectivity index (χ1) is 10.9. The fourth-order valence-corrected chi connectivity index (χ4v) is 2.95. The van der Waals surface area contributed by atoms with Gasteiger partial charge in [-0.1, -0.05) is 12.1 Å². The van der Waals surface area contributed by atoms with E-state index < -0.39 is 5.60 Å². The van der Waals surface area contributed by atoms with Crippen molar-refractivity contribution in [3.63, 3.8) is 0 Å². The van der Waals surface area contributed by atoms with E-state index in [2.05, 4.69) is 17.2 Å². The second-order valence-corrected chi connectivity index (χ2v) is 7.04. The van der Waals surface area contributed by atoms with Crippen LogP contribution in [0.2, 0.25) is 0 Å². The number of hydrogen-bond acceptors (Lipinski definition) is 5. The second kappa shape index (κ2) is 7.29. The Hall–Kier alpha value is -1.63. The normalized spacial score (nSPS) is 16.7. The Balaban J connectivity index is 2.02. The number of amides is 1. The van der Waals surface area contributed by atoms with E-state index in [0.717, 1.165) is 31.5 Å². The van der Waals surface area contributed by atoms with Gasteiger partial charge >= 0.3 is 6.09 Å². The summed E-state index contributed by atoms with van der Waals surface area (Å²) in [5.41, 5.74) is 1.22. The van der Waals surface area contributed by atoms with Gasteiger partial charge in [0.05, 0.1) is 12.3 Å². The predicted octanol–water partition coefficient (Wildman–Crippen LogP) is 2.29. The third kappa shape index (κ3) is 4.43. The summed E-state index contributed by atoms with van der Waals surface area (Å²) in [6, 6.07) is 0. The molecule has 23 heavy (non-hydrogen) atoms. The van der Waals surface area contributed by atoms with Gasteiger partial charge in [0, 0.05) is 25.6 Å². The highest BCUT2D eigenvalue weighted by atomic mass is 16.6. The Morgan fingerprint density at radius 2 is 2.00 bits per heavy atom. The van der Waals surface area contributed by atoms with Gasteiger partial charge in [-0.25, -0.2) is 9.48 Å². The van der Waals surface area contributed by atoms with Crippen molar-refractivity contribution in [2.45, 2.75) is 71.6 Å². The van der Waals surface area contributed by atoms with E-state index in [1.165, 1.54) is 0 Å². The monoisotopic (exact) mass is 324 g/mol. The van der Waals surface area contributed by atoms with Gasteiger partial charge in [0.15, 0.2) is 0 Å². The summed E-state index contributed by atoms with van der Waals surface area (Å²) in [5, 5.41) is 17.7. The molecule has 7 heteroatoms. The molecular weight excluding hydrogens is 296 g/mol. The molecule has 1 aliphatic rings. The Morgan fingerprint density at radius 3 is 2.52 bits per heavy atom. The van der Waals surface area contributed by atoms with Crippen LogP contribution < -0.4 is 0 Å². The fourth-order valence-electron chi connectivity index (χ4n) is 2.95. The number of carbonyl (C=O) groups is 1. The van der Waals surface area contributed by atoms with E-state index in [4.69, 9.17) is 4.74 Å². The van der Waals surface area contributed by atoms with Crippen LogP contribution in [0, 0.1) is 0 Å². The number of carbonyl (C=O) groups excluding carboxylic acids is 1. The van der Waals surface area contributed by atoms with Crippen LogP contribution in [0.1, 0.15) is 64.3 Å². The first kappa shape index (κ1) is 17.7. The van der Waals surface area contributed by atoms with Gasteiger partial charge in [0.25, 0.3) is 0 Å². The van der Waals surface area contributed by atoms with E-state index in [0.29, 0.717) is 18.8 Å². The molecule has 1 aromatic rings. The maximum absolute atomic E-state index is 12.1. The van der Waals surface area contributed by atoms with Crippen LogP contribution in [0.4, 0.5) is 4.79 Å². The molecule has 0 unspecified atom stereocenters. The van der Waals surface area contributed by atoms with Crippen molar-refractivity contribution in [1.82, 2.24) is 19.9 Å². The number of piperidine rings is 1. The smallest absolute Gasteiger partial charge is 0.410 e. The summed E-state index contributed by atoms with van der Waals surface area (Å²) in [5.74, 6) is 0.275. The predicted molar refractivity (Wildman–Crippen MR) is 86.0 cm³/mol. The van der Waals surface area contributed by atoms with E-state index in [1.54, 1.807) is 4.90 Å². The quantitative estimate of drug-likeness (QED) is 0.919. The number of aryl methyl sites for hydroxylation is 1. The summed E-state index contributed by atoms with van der Waals surface area (Å²) in [7, 11) is 0. The van der Waals surface area contributed by atoms with E-state index in [1.807, 2.05) is 25.5 Å². The van der Waals surface area contributed by atoms with Crippen LogP contribution in [0.15, 0.2) is 0 Å². The second-order valence-electron chi connectivity index (χ2n) is 7.04. The maximum Gasteiger partial charge on any atom is 0.410 e. The van der Waals surface area contributed by atoms with E-state index in [9.17, 15) is 9.90 Å². The number of aliphatic hydroxyl groups is 1. The lowest BCUT2D eigenvalue weighted by Gasteiger charge is -2.33. The lowest BCUT2D eigenvalue weighted by molar-refractivity contribution is 0.0203. The van der Waals surface area contributed by atoms with Gasteiger partial charge in [-0.2, -0.15) is 0 Å². The zero-order chi connectivity index (χ0) is 17.0. The largest absolute Gasteiger partial charge is 0.444 e.